The fraction of sp³-hybridized carbons (Fsp3) is 0.222. The van der Waals surface area contributed by atoms with Crippen molar-refractivity contribution in [3.8, 4) is 0 Å². The first-order chi connectivity index (χ1) is 4.74. The maximum Gasteiger partial charge on any atom is 0.122 e. The minimum absolute atomic E-state index is 0.137. The van der Waals surface area contributed by atoms with E-state index >= 15 is 0 Å². The maximum atomic E-state index is 9.14. The number of hydrogen-bond donors (Lipinski definition) is 1. The van der Waals surface area contributed by atoms with Crippen molar-refractivity contribution in [2.75, 3.05) is 0 Å². The molecule has 1 radical (unpaired) electrons. The van der Waals surface area contributed by atoms with E-state index in [1.54, 1.807) is 12.2 Å². The van der Waals surface area contributed by atoms with Crippen LogP contribution >= 0.6 is 0 Å². The van der Waals surface area contributed by atoms with E-state index in [0.717, 1.165) is 5.57 Å². The van der Waals surface area contributed by atoms with E-state index < -0.39 is 0 Å². The molecule has 1 atom stereocenters. The van der Waals surface area contributed by atoms with Crippen molar-refractivity contribution >= 4 is 0 Å². The summed E-state index contributed by atoms with van der Waals surface area (Å²) in [6, 6.07) is 0. The van der Waals surface area contributed by atoms with Gasteiger partial charge < -0.3 is 5.11 Å². The average molecular weight is 135 g/mol. The van der Waals surface area contributed by atoms with Crippen molar-refractivity contribution in [1.29, 1.82) is 0 Å². The molecule has 1 N–H and O–H groups in total. The number of rotatable bonds is 1. The monoisotopic (exact) mass is 135 g/mol. The maximum absolute atomic E-state index is 9.14. The lowest BCUT2D eigenvalue weighted by molar-refractivity contribution is 0.292. The van der Waals surface area contributed by atoms with Crippen LogP contribution < -0.4 is 0 Å². The third kappa shape index (κ3) is 1.36. The Bertz CT molecular complexity index is 189. The second-order valence-electron chi connectivity index (χ2n) is 2.42. The van der Waals surface area contributed by atoms with Crippen LogP contribution in [0.3, 0.4) is 0 Å². The first-order valence-electron chi connectivity index (χ1n) is 3.32. The topological polar surface area (TPSA) is 20.2 Å². The number of allylic oxidation sites excluding steroid dienone is 3. The summed E-state index contributed by atoms with van der Waals surface area (Å²) in [5, 5.41) is 9.14. The van der Waals surface area contributed by atoms with Crippen molar-refractivity contribution < 1.29 is 5.11 Å². The third-order valence-corrected chi connectivity index (χ3v) is 1.59. The quantitative estimate of drug-likeness (QED) is 0.584. The molecule has 1 rings (SSSR count). The highest BCUT2D eigenvalue weighted by atomic mass is 16.3. The molecule has 53 valence electrons. The Morgan fingerprint density at radius 1 is 1.60 bits per heavy atom. The Hall–Kier alpha value is -0.820. The van der Waals surface area contributed by atoms with E-state index in [2.05, 4.69) is 6.58 Å². The summed E-state index contributed by atoms with van der Waals surface area (Å²) in [7, 11) is 0. The SMILES string of the molecule is C=CC1=CC(C)[C](O)C=C1. The number of aliphatic hydroxyl groups is 1. The molecular weight excluding hydrogens is 124 g/mol. The second kappa shape index (κ2) is 2.84. The summed E-state index contributed by atoms with van der Waals surface area (Å²) in [5.41, 5.74) is 1.07. The van der Waals surface area contributed by atoms with E-state index in [0.29, 0.717) is 6.10 Å². The van der Waals surface area contributed by atoms with Gasteiger partial charge in [-0.05, 0) is 11.6 Å². The first kappa shape index (κ1) is 7.29. The lowest BCUT2D eigenvalue weighted by atomic mass is 9.95. The minimum atomic E-state index is 0.137. The second-order valence-corrected chi connectivity index (χ2v) is 2.42. The molecule has 1 nitrogen and oxygen atoms in total. The van der Waals surface area contributed by atoms with Gasteiger partial charge in [0.2, 0.25) is 0 Å². The fourth-order valence-corrected chi connectivity index (χ4v) is 0.899. The van der Waals surface area contributed by atoms with Crippen LogP contribution in [-0.2, 0) is 0 Å². The van der Waals surface area contributed by atoms with E-state index in [1.807, 2.05) is 19.1 Å². The van der Waals surface area contributed by atoms with Crippen LogP contribution in [0.4, 0.5) is 0 Å². The van der Waals surface area contributed by atoms with Gasteiger partial charge in [0, 0.05) is 5.92 Å². The highest BCUT2D eigenvalue weighted by Crippen LogP contribution is 2.21. The van der Waals surface area contributed by atoms with Gasteiger partial charge in [-0.2, -0.15) is 0 Å². The van der Waals surface area contributed by atoms with Crippen molar-refractivity contribution in [3.63, 3.8) is 0 Å². The van der Waals surface area contributed by atoms with Gasteiger partial charge in [0.15, 0.2) is 0 Å². The van der Waals surface area contributed by atoms with Crippen molar-refractivity contribution in [2.24, 2.45) is 5.92 Å². The van der Waals surface area contributed by atoms with Gasteiger partial charge in [0.05, 0.1) is 0 Å². The van der Waals surface area contributed by atoms with Crippen LogP contribution in [0.2, 0.25) is 0 Å². The molecule has 1 unspecified atom stereocenters. The van der Waals surface area contributed by atoms with Gasteiger partial charge in [0.1, 0.15) is 6.10 Å². The molecule has 0 saturated heterocycles. The zero-order valence-electron chi connectivity index (χ0n) is 6.04. The van der Waals surface area contributed by atoms with Gasteiger partial charge in [-0.25, -0.2) is 0 Å². The number of hydrogen-bond acceptors (Lipinski definition) is 1. The highest BCUT2D eigenvalue weighted by molar-refractivity contribution is 5.37. The Kier molecular flexibility index (Phi) is 2.07. The summed E-state index contributed by atoms with van der Waals surface area (Å²) < 4.78 is 0. The Balaban J connectivity index is 2.75. The molecule has 0 aliphatic heterocycles. The molecule has 1 heteroatoms. The summed E-state index contributed by atoms with van der Waals surface area (Å²) in [6.07, 6.45) is 7.73. The molecule has 1 aliphatic rings. The highest BCUT2D eigenvalue weighted by Gasteiger charge is 2.12. The summed E-state index contributed by atoms with van der Waals surface area (Å²) in [6.45, 7) is 5.58. The molecule has 10 heavy (non-hydrogen) atoms. The molecule has 1 aliphatic carbocycles. The zero-order chi connectivity index (χ0) is 7.56. The lowest BCUT2D eigenvalue weighted by Crippen LogP contribution is -2.06. The van der Waals surface area contributed by atoms with Gasteiger partial charge in [-0.1, -0.05) is 31.7 Å². The molecule has 0 aromatic carbocycles. The van der Waals surface area contributed by atoms with E-state index in [1.165, 1.54) is 0 Å². The van der Waals surface area contributed by atoms with Crippen LogP contribution in [0.15, 0.2) is 36.5 Å². The van der Waals surface area contributed by atoms with Crippen molar-refractivity contribution in [2.45, 2.75) is 6.92 Å². The van der Waals surface area contributed by atoms with E-state index in [9.17, 15) is 0 Å². The fourth-order valence-electron chi connectivity index (χ4n) is 0.899. The average Bonchev–Trinajstić information content (AvgIpc) is 1.95. The van der Waals surface area contributed by atoms with Crippen LogP contribution in [0.25, 0.3) is 0 Å². The van der Waals surface area contributed by atoms with Crippen LogP contribution in [-0.4, -0.2) is 5.11 Å². The largest absolute Gasteiger partial charge is 0.382 e. The molecular formula is C9H11O. The minimum Gasteiger partial charge on any atom is -0.382 e. The third-order valence-electron chi connectivity index (χ3n) is 1.59. The van der Waals surface area contributed by atoms with Gasteiger partial charge in [0.25, 0.3) is 0 Å². The van der Waals surface area contributed by atoms with Gasteiger partial charge in [-0.3, -0.25) is 0 Å². The standard InChI is InChI=1S/C9H11O/c1-3-8-4-5-9(10)7(2)6-8/h3-7,10H,1H2,2H3. The van der Waals surface area contributed by atoms with Gasteiger partial charge >= 0.3 is 0 Å². The molecule has 0 aromatic rings. The Labute approximate surface area is 61.4 Å². The lowest BCUT2D eigenvalue weighted by Gasteiger charge is -2.14. The molecule has 0 amide bonds. The van der Waals surface area contributed by atoms with Crippen LogP contribution in [0.5, 0.6) is 0 Å². The van der Waals surface area contributed by atoms with Crippen LogP contribution in [0, 0.1) is 12.0 Å². The molecule has 0 saturated carbocycles. The van der Waals surface area contributed by atoms with E-state index in [4.69, 9.17) is 5.11 Å². The predicted octanol–water partition coefficient (Wildman–Crippen LogP) is 2.21. The smallest absolute Gasteiger partial charge is 0.122 e. The van der Waals surface area contributed by atoms with E-state index in [-0.39, 0.29) is 5.92 Å². The first-order valence-corrected chi connectivity index (χ1v) is 3.32. The molecule has 0 bridgehead atoms. The number of aliphatic hydroxyl groups excluding tert-OH is 1. The summed E-state index contributed by atoms with van der Waals surface area (Å²) in [4.78, 5) is 0. The van der Waals surface area contributed by atoms with Crippen LogP contribution in [0.1, 0.15) is 6.92 Å². The zero-order valence-corrected chi connectivity index (χ0v) is 6.04. The molecule has 0 spiro atoms. The molecule has 0 fully saturated rings. The summed E-state index contributed by atoms with van der Waals surface area (Å²) >= 11 is 0. The summed E-state index contributed by atoms with van der Waals surface area (Å²) in [5.74, 6) is 0.137. The Morgan fingerprint density at radius 3 is 2.80 bits per heavy atom. The molecule has 0 heterocycles. The van der Waals surface area contributed by atoms with Crippen molar-refractivity contribution in [3.05, 3.63) is 42.6 Å². The predicted molar refractivity (Wildman–Crippen MR) is 41.8 cm³/mol. The Morgan fingerprint density at radius 2 is 2.30 bits per heavy atom. The van der Waals surface area contributed by atoms with Crippen molar-refractivity contribution in [1.82, 2.24) is 0 Å². The van der Waals surface area contributed by atoms with Gasteiger partial charge in [-0.15, -0.1) is 0 Å². The normalized spacial score (nSPS) is 26.2. The molecule has 0 aromatic heterocycles.